The molecule has 0 aromatic heterocycles. The molecule has 182 valence electrons. The van der Waals surface area contributed by atoms with Crippen LogP contribution in [0.2, 0.25) is 0 Å². The van der Waals surface area contributed by atoms with Crippen molar-refractivity contribution in [3.8, 4) is 0 Å². The van der Waals surface area contributed by atoms with Crippen LogP contribution in [0.5, 0.6) is 0 Å². The number of carbonyl (C=O) groups is 3. The van der Waals surface area contributed by atoms with Crippen molar-refractivity contribution in [2.45, 2.75) is 24.2 Å². The van der Waals surface area contributed by atoms with E-state index in [9.17, 15) is 31.6 Å². The van der Waals surface area contributed by atoms with Gasteiger partial charge in [-0.3, -0.25) is 14.4 Å². The summed E-state index contributed by atoms with van der Waals surface area (Å²) in [6.07, 6.45) is 0.297. The van der Waals surface area contributed by atoms with E-state index in [1.165, 1.54) is 6.07 Å². The third-order valence-electron chi connectivity index (χ3n) is 5.42. The molecule has 2 aromatic rings. The molecule has 1 saturated heterocycles. The highest BCUT2D eigenvalue weighted by atomic mass is 32.2. The standard InChI is InChI=1S/C22H24F2N4O5S/c23-15-5-6-17(24)19(13-15)34(32,33)28-11-8-14(9-12-28)21(30)27-18-4-2-1-3-16(18)22(31)26-10-7-20(25)29/h1-6,13-14H,7-12H2,(H2,25,29)(H,26,31)(H,27,30). The number of nitrogens with two attached hydrogens (primary N) is 1. The lowest BCUT2D eigenvalue weighted by Gasteiger charge is -2.30. The fourth-order valence-electron chi connectivity index (χ4n) is 3.59. The predicted octanol–water partition coefficient (Wildman–Crippen LogP) is 1.61. The first-order chi connectivity index (χ1) is 16.1. The van der Waals surface area contributed by atoms with Gasteiger partial charge in [-0.05, 0) is 43.2 Å². The second kappa shape index (κ2) is 10.7. The number of benzene rings is 2. The van der Waals surface area contributed by atoms with Gasteiger partial charge in [0.1, 0.15) is 16.5 Å². The number of primary amides is 1. The van der Waals surface area contributed by atoms with E-state index >= 15 is 0 Å². The number of nitrogens with one attached hydrogen (secondary N) is 2. The quantitative estimate of drug-likeness (QED) is 0.512. The van der Waals surface area contributed by atoms with Crippen LogP contribution in [0.25, 0.3) is 0 Å². The molecule has 1 aliphatic rings. The van der Waals surface area contributed by atoms with Crippen molar-refractivity contribution in [2.75, 3.05) is 25.0 Å². The van der Waals surface area contributed by atoms with Gasteiger partial charge < -0.3 is 16.4 Å². The average molecular weight is 495 g/mol. The smallest absolute Gasteiger partial charge is 0.253 e. The lowest BCUT2D eigenvalue weighted by Crippen LogP contribution is -2.41. The summed E-state index contributed by atoms with van der Waals surface area (Å²) in [5.41, 5.74) is 5.52. The van der Waals surface area contributed by atoms with Crippen molar-refractivity contribution in [2.24, 2.45) is 11.7 Å². The second-order valence-corrected chi connectivity index (χ2v) is 9.67. The number of sulfonamides is 1. The van der Waals surface area contributed by atoms with Gasteiger partial charge in [0.2, 0.25) is 21.8 Å². The molecule has 0 spiro atoms. The monoisotopic (exact) mass is 494 g/mol. The summed E-state index contributed by atoms with van der Waals surface area (Å²) < 4.78 is 53.9. The van der Waals surface area contributed by atoms with E-state index in [1.54, 1.807) is 18.2 Å². The third-order valence-corrected chi connectivity index (χ3v) is 7.34. The number of anilines is 1. The summed E-state index contributed by atoms with van der Waals surface area (Å²) in [4.78, 5) is 35.3. The van der Waals surface area contributed by atoms with E-state index in [4.69, 9.17) is 5.73 Å². The number of halogens is 2. The first-order valence-corrected chi connectivity index (χ1v) is 11.9. The maximum absolute atomic E-state index is 14.0. The molecule has 12 heteroatoms. The molecule has 2 aromatic carbocycles. The van der Waals surface area contributed by atoms with Crippen LogP contribution in [0, 0.1) is 17.6 Å². The number of amides is 3. The lowest BCUT2D eigenvalue weighted by atomic mass is 9.97. The SMILES string of the molecule is NC(=O)CCNC(=O)c1ccccc1NC(=O)C1CCN(S(=O)(=O)c2cc(F)ccc2F)CC1. The van der Waals surface area contributed by atoms with E-state index in [1.807, 2.05) is 0 Å². The van der Waals surface area contributed by atoms with Gasteiger partial charge >= 0.3 is 0 Å². The Morgan fingerprint density at radius 3 is 2.41 bits per heavy atom. The van der Waals surface area contributed by atoms with Crippen LogP contribution in [0.4, 0.5) is 14.5 Å². The van der Waals surface area contributed by atoms with Gasteiger partial charge in [-0.2, -0.15) is 4.31 Å². The Balaban J connectivity index is 1.63. The fourth-order valence-corrected chi connectivity index (χ4v) is 5.14. The number of carbonyl (C=O) groups excluding carboxylic acids is 3. The first kappa shape index (κ1) is 25.2. The molecule has 4 N–H and O–H groups in total. The molecule has 34 heavy (non-hydrogen) atoms. The normalized spacial score (nSPS) is 15.0. The van der Waals surface area contributed by atoms with Gasteiger partial charge in [0.05, 0.1) is 11.3 Å². The zero-order chi connectivity index (χ0) is 24.9. The van der Waals surface area contributed by atoms with E-state index in [0.29, 0.717) is 6.07 Å². The number of piperidine rings is 1. The third kappa shape index (κ3) is 5.94. The zero-order valence-corrected chi connectivity index (χ0v) is 18.9. The first-order valence-electron chi connectivity index (χ1n) is 10.5. The summed E-state index contributed by atoms with van der Waals surface area (Å²) in [7, 11) is -4.26. The van der Waals surface area contributed by atoms with Gasteiger partial charge in [-0.1, -0.05) is 12.1 Å². The van der Waals surface area contributed by atoms with Gasteiger partial charge in [-0.25, -0.2) is 17.2 Å². The lowest BCUT2D eigenvalue weighted by molar-refractivity contribution is -0.121. The maximum Gasteiger partial charge on any atom is 0.253 e. The Labute approximate surface area is 195 Å². The molecule has 0 saturated carbocycles. The molecule has 0 aliphatic carbocycles. The number of para-hydroxylation sites is 1. The minimum Gasteiger partial charge on any atom is -0.370 e. The van der Waals surface area contributed by atoms with Gasteiger partial charge in [-0.15, -0.1) is 0 Å². The summed E-state index contributed by atoms with van der Waals surface area (Å²) in [5.74, 6) is -3.91. The average Bonchev–Trinajstić information content (AvgIpc) is 2.80. The van der Waals surface area contributed by atoms with E-state index in [-0.39, 0.29) is 50.1 Å². The topological polar surface area (TPSA) is 139 Å². The summed E-state index contributed by atoms with van der Waals surface area (Å²) in [5, 5.41) is 5.24. The van der Waals surface area contributed by atoms with Gasteiger partial charge in [0.15, 0.2) is 0 Å². The summed E-state index contributed by atoms with van der Waals surface area (Å²) in [6, 6.07) is 8.54. The van der Waals surface area contributed by atoms with Crippen LogP contribution >= 0.6 is 0 Å². The van der Waals surface area contributed by atoms with E-state index in [0.717, 1.165) is 16.4 Å². The number of nitrogens with zero attached hydrogens (tertiary/aromatic N) is 1. The van der Waals surface area contributed by atoms with Gasteiger partial charge in [0.25, 0.3) is 5.91 Å². The number of rotatable bonds is 8. The van der Waals surface area contributed by atoms with Crippen LogP contribution in [-0.4, -0.2) is 50.1 Å². The fraction of sp³-hybridized carbons (Fsp3) is 0.318. The van der Waals surface area contributed by atoms with Crippen molar-refractivity contribution >= 4 is 33.4 Å². The molecule has 0 unspecified atom stereocenters. The maximum atomic E-state index is 14.0. The van der Waals surface area contributed by atoms with Crippen molar-refractivity contribution < 1.29 is 31.6 Å². The molecule has 1 fully saturated rings. The second-order valence-electron chi connectivity index (χ2n) is 7.76. The predicted molar refractivity (Wildman–Crippen MR) is 119 cm³/mol. The molecular weight excluding hydrogens is 470 g/mol. The Bertz CT molecular complexity index is 1200. The van der Waals surface area contributed by atoms with Crippen LogP contribution in [0.3, 0.4) is 0 Å². The van der Waals surface area contributed by atoms with Gasteiger partial charge in [0, 0.05) is 32.0 Å². The van der Waals surface area contributed by atoms with Crippen LogP contribution in [0.15, 0.2) is 47.4 Å². The molecule has 3 rings (SSSR count). The highest BCUT2D eigenvalue weighted by Gasteiger charge is 2.34. The van der Waals surface area contributed by atoms with Crippen LogP contribution in [-0.2, 0) is 19.6 Å². The minimum absolute atomic E-state index is 0.0265. The van der Waals surface area contributed by atoms with E-state index in [2.05, 4.69) is 10.6 Å². The zero-order valence-electron chi connectivity index (χ0n) is 18.1. The molecule has 3 amide bonds. The Morgan fingerprint density at radius 2 is 1.74 bits per heavy atom. The molecule has 1 heterocycles. The highest BCUT2D eigenvalue weighted by Crippen LogP contribution is 2.27. The molecule has 0 bridgehead atoms. The van der Waals surface area contributed by atoms with Crippen LogP contribution in [0.1, 0.15) is 29.6 Å². The number of hydrogen-bond acceptors (Lipinski definition) is 5. The van der Waals surface area contributed by atoms with Crippen molar-refractivity contribution in [1.29, 1.82) is 0 Å². The Morgan fingerprint density at radius 1 is 1.06 bits per heavy atom. The Hall–Kier alpha value is -3.38. The largest absolute Gasteiger partial charge is 0.370 e. The Kier molecular flexibility index (Phi) is 7.94. The van der Waals surface area contributed by atoms with Crippen LogP contribution < -0.4 is 16.4 Å². The van der Waals surface area contributed by atoms with Crippen molar-refractivity contribution in [3.63, 3.8) is 0 Å². The summed E-state index contributed by atoms with van der Waals surface area (Å²) in [6.45, 7) is -0.0491. The van der Waals surface area contributed by atoms with E-state index < -0.39 is 50.2 Å². The van der Waals surface area contributed by atoms with Crippen molar-refractivity contribution in [1.82, 2.24) is 9.62 Å². The molecule has 1 aliphatic heterocycles. The summed E-state index contributed by atoms with van der Waals surface area (Å²) >= 11 is 0. The molecule has 0 atom stereocenters. The molecule has 0 radical (unpaired) electrons. The number of hydrogen-bond donors (Lipinski definition) is 3. The highest BCUT2D eigenvalue weighted by molar-refractivity contribution is 7.89. The minimum atomic E-state index is -4.26. The van der Waals surface area contributed by atoms with Crippen molar-refractivity contribution in [3.05, 3.63) is 59.7 Å². The molecular formula is C22H24F2N4O5S. The molecule has 9 nitrogen and oxygen atoms in total.